The summed E-state index contributed by atoms with van der Waals surface area (Å²) in [5.74, 6) is 2.35. The van der Waals surface area contributed by atoms with Crippen molar-refractivity contribution in [1.29, 1.82) is 0 Å². The third-order valence-electron chi connectivity index (χ3n) is 4.89. The van der Waals surface area contributed by atoms with Crippen molar-refractivity contribution in [2.45, 2.75) is 45.1 Å². The summed E-state index contributed by atoms with van der Waals surface area (Å²) >= 11 is 0. The van der Waals surface area contributed by atoms with Crippen LogP contribution in [-0.2, 0) is 17.8 Å². The Labute approximate surface area is 148 Å². The van der Waals surface area contributed by atoms with Gasteiger partial charge in [-0.3, -0.25) is 4.79 Å². The Hall–Kier alpha value is -2.37. The lowest BCUT2D eigenvalue weighted by Crippen LogP contribution is -2.39. The van der Waals surface area contributed by atoms with Crippen LogP contribution in [0.25, 0.3) is 0 Å². The highest BCUT2D eigenvalue weighted by molar-refractivity contribution is 5.76. The molecule has 0 spiro atoms. The van der Waals surface area contributed by atoms with Crippen molar-refractivity contribution in [2.24, 2.45) is 0 Å². The van der Waals surface area contributed by atoms with Gasteiger partial charge in [0.25, 0.3) is 0 Å². The van der Waals surface area contributed by atoms with Gasteiger partial charge in [-0.05, 0) is 43.9 Å². The van der Waals surface area contributed by atoms with Crippen LogP contribution >= 0.6 is 0 Å². The van der Waals surface area contributed by atoms with E-state index in [9.17, 15) is 4.79 Å². The highest BCUT2D eigenvalue weighted by atomic mass is 16.5. The topological polar surface area (TPSA) is 60.2 Å². The van der Waals surface area contributed by atoms with Crippen molar-refractivity contribution in [1.82, 2.24) is 19.7 Å². The molecule has 3 rings (SSSR count). The number of hydrogen-bond donors (Lipinski definition) is 0. The number of amides is 1. The van der Waals surface area contributed by atoms with Gasteiger partial charge in [-0.2, -0.15) is 0 Å². The minimum absolute atomic E-state index is 0.218. The van der Waals surface area contributed by atoms with Crippen molar-refractivity contribution >= 4 is 5.91 Å². The van der Waals surface area contributed by atoms with Gasteiger partial charge in [0.05, 0.1) is 7.11 Å². The molecule has 1 fully saturated rings. The van der Waals surface area contributed by atoms with Gasteiger partial charge in [0, 0.05) is 32.0 Å². The van der Waals surface area contributed by atoms with Crippen molar-refractivity contribution in [3.05, 3.63) is 42.0 Å². The van der Waals surface area contributed by atoms with Gasteiger partial charge in [-0.15, -0.1) is 10.2 Å². The van der Waals surface area contributed by atoms with E-state index < -0.39 is 0 Å². The summed E-state index contributed by atoms with van der Waals surface area (Å²) in [6, 6.07) is 7.92. The van der Waals surface area contributed by atoms with Crippen LogP contribution in [0, 0.1) is 0 Å². The van der Waals surface area contributed by atoms with Crippen LogP contribution in [0.4, 0.5) is 0 Å². The normalized spacial score (nSPS) is 17.5. The number of likely N-dealkylation sites (tertiary alicyclic amines) is 1. The monoisotopic (exact) mass is 342 g/mol. The minimum Gasteiger partial charge on any atom is -0.497 e. The van der Waals surface area contributed by atoms with Gasteiger partial charge >= 0.3 is 0 Å². The molecule has 0 bridgehead atoms. The maximum absolute atomic E-state index is 12.6. The standard InChI is InChI=1S/C19H26N4O2/c1-3-22-14-20-21-19(22)16-7-5-11-23(13-16)18(24)10-9-15-6-4-8-17(12-15)25-2/h4,6,8,12,14,16H,3,5,7,9-11,13H2,1-2H3/t16-/m0/s1. The van der Waals surface area contributed by atoms with Crippen molar-refractivity contribution in [3.8, 4) is 5.75 Å². The van der Waals surface area contributed by atoms with Gasteiger partial charge in [-0.25, -0.2) is 0 Å². The predicted molar refractivity (Wildman–Crippen MR) is 95.6 cm³/mol. The highest BCUT2D eigenvalue weighted by Crippen LogP contribution is 2.26. The smallest absolute Gasteiger partial charge is 0.222 e. The zero-order valence-corrected chi connectivity index (χ0v) is 15.0. The van der Waals surface area contributed by atoms with Gasteiger partial charge in [0.2, 0.25) is 5.91 Å². The fraction of sp³-hybridized carbons (Fsp3) is 0.526. The van der Waals surface area contributed by atoms with Crippen LogP contribution in [0.5, 0.6) is 5.75 Å². The molecular formula is C19H26N4O2. The summed E-state index contributed by atoms with van der Waals surface area (Å²) in [7, 11) is 1.66. The first kappa shape index (κ1) is 17.5. The average molecular weight is 342 g/mol. The first-order valence-electron chi connectivity index (χ1n) is 8.99. The molecule has 0 N–H and O–H groups in total. The third-order valence-corrected chi connectivity index (χ3v) is 4.89. The molecule has 0 saturated carbocycles. The Kier molecular flexibility index (Phi) is 5.68. The maximum Gasteiger partial charge on any atom is 0.222 e. The van der Waals surface area contributed by atoms with E-state index in [1.807, 2.05) is 29.2 Å². The van der Waals surface area contributed by atoms with Crippen molar-refractivity contribution in [3.63, 3.8) is 0 Å². The summed E-state index contributed by atoms with van der Waals surface area (Å²) in [5.41, 5.74) is 1.13. The largest absolute Gasteiger partial charge is 0.497 e. The fourth-order valence-electron chi connectivity index (χ4n) is 3.48. The summed E-state index contributed by atoms with van der Waals surface area (Å²) in [5, 5.41) is 8.31. The molecule has 1 saturated heterocycles. The molecule has 2 heterocycles. The molecule has 1 aromatic carbocycles. The molecule has 6 heteroatoms. The summed E-state index contributed by atoms with van der Waals surface area (Å²) in [4.78, 5) is 14.6. The lowest BCUT2D eigenvalue weighted by molar-refractivity contribution is -0.132. The number of benzene rings is 1. The molecule has 2 aromatic rings. The van der Waals surface area contributed by atoms with E-state index in [1.165, 1.54) is 0 Å². The van der Waals surface area contributed by atoms with E-state index in [0.29, 0.717) is 6.42 Å². The molecule has 0 unspecified atom stereocenters. The molecule has 0 radical (unpaired) electrons. The third kappa shape index (κ3) is 4.18. The van der Waals surface area contributed by atoms with Crippen molar-refractivity contribution in [2.75, 3.05) is 20.2 Å². The first-order valence-corrected chi connectivity index (χ1v) is 8.99. The number of hydrogen-bond acceptors (Lipinski definition) is 4. The van der Waals surface area contributed by atoms with Crippen LogP contribution in [-0.4, -0.2) is 45.8 Å². The highest BCUT2D eigenvalue weighted by Gasteiger charge is 2.27. The second-order valence-corrected chi connectivity index (χ2v) is 6.51. The number of piperidine rings is 1. The molecular weight excluding hydrogens is 316 g/mol. The predicted octanol–water partition coefficient (Wildman–Crippen LogP) is 2.65. The van der Waals surface area contributed by atoms with E-state index in [-0.39, 0.29) is 11.8 Å². The Morgan fingerprint density at radius 2 is 2.28 bits per heavy atom. The van der Waals surface area contributed by atoms with E-state index in [0.717, 1.165) is 56.0 Å². The first-order chi connectivity index (χ1) is 12.2. The average Bonchev–Trinajstić information content (AvgIpc) is 3.15. The molecule has 1 aliphatic heterocycles. The number of ether oxygens (including phenoxy) is 1. The number of carbonyl (C=O) groups is 1. The molecule has 134 valence electrons. The van der Waals surface area contributed by atoms with E-state index in [2.05, 4.69) is 21.7 Å². The maximum atomic E-state index is 12.6. The number of nitrogens with zero attached hydrogens (tertiary/aromatic N) is 4. The SMILES string of the molecule is CCn1cnnc1[C@H]1CCCN(C(=O)CCc2cccc(OC)c2)C1. The van der Waals surface area contributed by atoms with Gasteiger partial charge in [0.1, 0.15) is 17.9 Å². The number of rotatable bonds is 6. The van der Waals surface area contributed by atoms with Crippen LogP contribution in [0.1, 0.15) is 43.5 Å². The van der Waals surface area contributed by atoms with E-state index in [1.54, 1.807) is 13.4 Å². The summed E-state index contributed by atoms with van der Waals surface area (Å²) in [6.07, 6.45) is 5.13. The Morgan fingerprint density at radius 3 is 3.08 bits per heavy atom. The van der Waals surface area contributed by atoms with E-state index in [4.69, 9.17) is 4.74 Å². The number of methoxy groups -OCH3 is 1. The lowest BCUT2D eigenvalue weighted by atomic mass is 9.96. The van der Waals surface area contributed by atoms with Gasteiger partial charge in [0.15, 0.2) is 0 Å². The molecule has 1 aromatic heterocycles. The second kappa shape index (κ2) is 8.14. The molecule has 25 heavy (non-hydrogen) atoms. The van der Waals surface area contributed by atoms with Crippen LogP contribution in [0.3, 0.4) is 0 Å². The molecule has 1 atom stereocenters. The van der Waals surface area contributed by atoms with Crippen LogP contribution < -0.4 is 4.74 Å². The van der Waals surface area contributed by atoms with Crippen molar-refractivity contribution < 1.29 is 9.53 Å². The van der Waals surface area contributed by atoms with Gasteiger partial charge in [-0.1, -0.05) is 12.1 Å². The Bertz CT molecular complexity index is 713. The number of aromatic nitrogens is 3. The zero-order chi connectivity index (χ0) is 17.6. The fourth-order valence-corrected chi connectivity index (χ4v) is 3.48. The van der Waals surface area contributed by atoms with E-state index >= 15 is 0 Å². The molecule has 0 aliphatic carbocycles. The van der Waals surface area contributed by atoms with Crippen LogP contribution in [0.15, 0.2) is 30.6 Å². The van der Waals surface area contributed by atoms with Gasteiger partial charge < -0.3 is 14.2 Å². The second-order valence-electron chi connectivity index (χ2n) is 6.51. The number of carbonyl (C=O) groups excluding carboxylic acids is 1. The Balaban J connectivity index is 1.58. The van der Waals surface area contributed by atoms with Crippen LogP contribution in [0.2, 0.25) is 0 Å². The molecule has 1 amide bonds. The summed E-state index contributed by atoms with van der Waals surface area (Å²) < 4.78 is 7.32. The zero-order valence-electron chi connectivity index (χ0n) is 15.0. The molecule has 1 aliphatic rings. The lowest BCUT2D eigenvalue weighted by Gasteiger charge is -2.32. The number of aryl methyl sites for hydroxylation is 2. The summed E-state index contributed by atoms with van der Waals surface area (Å²) in [6.45, 7) is 4.54. The minimum atomic E-state index is 0.218. The Morgan fingerprint density at radius 1 is 1.40 bits per heavy atom. The quantitative estimate of drug-likeness (QED) is 0.810. The molecule has 6 nitrogen and oxygen atoms in total.